The summed E-state index contributed by atoms with van der Waals surface area (Å²) in [6.45, 7) is -0.605. The third-order valence-electron chi connectivity index (χ3n) is 3.43. The second kappa shape index (κ2) is 8.82. The van der Waals surface area contributed by atoms with Crippen LogP contribution in [-0.4, -0.2) is 29.2 Å². The topological polar surface area (TPSA) is 130 Å². The number of anilines is 2. The molecule has 0 radical (unpaired) electrons. The standard InChI is InChI=1S/C17H13F3N4O5/c18-17(19,20)10-2-1-3-12(8-10)23-16(27)15(26)21-9-14(25)22-11-4-6-13(7-5-11)24(28)29/h1-8H,9H2,(H,21,26)(H,22,25)(H,23,27). The van der Waals surface area contributed by atoms with Gasteiger partial charge in [-0.15, -0.1) is 0 Å². The van der Waals surface area contributed by atoms with E-state index in [9.17, 15) is 37.7 Å². The highest BCUT2D eigenvalue weighted by Crippen LogP contribution is 2.30. The van der Waals surface area contributed by atoms with Crippen molar-refractivity contribution in [3.63, 3.8) is 0 Å². The van der Waals surface area contributed by atoms with Crippen molar-refractivity contribution in [2.75, 3.05) is 17.2 Å². The van der Waals surface area contributed by atoms with E-state index in [1.165, 1.54) is 18.2 Å². The van der Waals surface area contributed by atoms with Gasteiger partial charge in [0.25, 0.3) is 5.69 Å². The van der Waals surface area contributed by atoms with Crippen molar-refractivity contribution < 1.29 is 32.5 Å². The van der Waals surface area contributed by atoms with Gasteiger partial charge in [-0.25, -0.2) is 0 Å². The van der Waals surface area contributed by atoms with Gasteiger partial charge in [-0.1, -0.05) is 6.07 Å². The highest BCUT2D eigenvalue weighted by atomic mass is 19.4. The fraction of sp³-hybridized carbons (Fsp3) is 0.118. The lowest BCUT2D eigenvalue weighted by molar-refractivity contribution is -0.384. The molecule has 0 fully saturated rings. The van der Waals surface area contributed by atoms with Gasteiger partial charge in [0.1, 0.15) is 0 Å². The number of hydrogen-bond acceptors (Lipinski definition) is 5. The Morgan fingerprint density at radius 1 is 0.931 bits per heavy atom. The number of carbonyl (C=O) groups is 3. The number of nitro groups is 1. The van der Waals surface area contributed by atoms with Crippen LogP contribution in [0.25, 0.3) is 0 Å². The molecule has 29 heavy (non-hydrogen) atoms. The molecule has 0 unspecified atom stereocenters. The summed E-state index contributed by atoms with van der Waals surface area (Å²) >= 11 is 0. The molecule has 2 aromatic carbocycles. The predicted molar refractivity (Wildman–Crippen MR) is 94.8 cm³/mol. The third kappa shape index (κ3) is 6.30. The van der Waals surface area contributed by atoms with Crippen LogP contribution in [0.3, 0.4) is 0 Å². The molecule has 0 aliphatic heterocycles. The summed E-state index contributed by atoms with van der Waals surface area (Å²) in [5.74, 6) is -3.22. The predicted octanol–water partition coefficient (Wildman–Crippen LogP) is 2.31. The maximum atomic E-state index is 12.6. The number of nitrogens with zero attached hydrogens (tertiary/aromatic N) is 1. The first kappa shape index (κ1) is 21.3. The zero-order valence-electron chi connectivity index (χ0n) is 14.4. The van der Waals surface area contributed by atoms with Gasteiger partial charge in [0.15, 0.2) is 0 Å². The Labute approximate surface area is 161 Å². The summed E-state index contributed by atoms with van der Waals surface area (Å²) in [5, 5.41) is 16.9. The van der Waals surface area contributed by atoms with Crippen molar-refractivity contribution in [3.05, 3.63) is 64.2 Å². The van der Waals surface area contributed by atoms with Crippen LogP contribution in [0, 0.1) is 10.1 Å². The van der Waals surface area contributed by atoms with Gasteiger partial charge in [-0.2, -0.15) is 13.2 Å². The molecule has 3 amide bonds. The molecular weight excluding hydrogens is 397 g/mol. The fourth-order valence-corrected chi connectivity index (χ4v) is 2.07. The summed E-state index contributed by atoms with van der Waals surface area (Å²) < 4.78 is 37.9. The monoisotopic (exact) mass is 410 g/mol. The maximum Gasteiger partial charge on any atom is 0.416 e. The van der Waals surface area contributed by atoms with E-state index in [1.54, 1.807) is 0 Å². The van der Waals surface area contributed by atoms with E-state index < -0.39 is 40.9 Å². The van der Waals surface area contributed by atoms with Gasteiger partial charge in [0, 0.05) is 23.5 Å². The van der Waals surface area contributed by atoms with Gasteiger partial charge in [-0.05, 0) is 30.3 Å². The van der Waals surface area contributed by atoms with Gasteiger partial charge in [-0.3, -0.25) is 24.5 Å². The van der Waals surface area contributed by atoms with Crippen molar-refractivity contribution in [2.24, 2.45) is 0 Å². The normalized spacial score (nSPS) is 10.7. The van der Waals surface area contributed by atoms with Crippen LogP contribution in [0.2, 0.25) is 0 Å². The van der Waals surface area contributed by atoms with Gasteiger partial charge in [0.2, 0.25) is 5.91 Å². The molecule has 0 bridgehead atoms. The number of amides is 3. The number of nitro benzene ring substituents is 1. The largest absolute Gasteiger partial charge is 0.416 e. The number of non-ortho nitro benzene ring substituents is 1. The van der Waals surface area contributed by atoms with E-state index in [1.807, 2.05) is 10.6 Å². The van der Waals surface area contributed by atoms with Crippen molar-refractivity contribution in [1.29, 1.82) is 0 Å². The van der Waals surface area contributed by atoms with E-state index in [-0.39, 0.29) is 17.1 Å². The van der Waals surface area contributed by atoms with E-state index in [4.69, 9.17) is 0 Å². The first-order chi connectivity index (χ1) is 13.6. The average molecular weight is 410 g/mol. The minimum absolute atomic E-state index is 0.178. The Balaban J connectivity index is 1.86. The highest BCUT2D eigenvalue weighted by Gasteiger charge is 2.30. The molecule has 0 aromatic heterocycles. The number of carbonyl (C=O) groups excluding carboxylic acids is 3. The van der Waals surface area contributed by atoms with Crippen LogP contribution in [0.1, 0.15) is 5.56 Å². The molecule has 2 aromatic rings. The average Bonchev–Trinajstić information content (AvgIpc) is 2.66. The molecular formula is C17H13F3N4O5. The summed E-state index contributed by atoms with van der Waals surface area (Å²) in [6, 6.07) is 8.57. The highest BCUT2D eigenvalue weighted by molar-refractivity contribution is 6.39. The molecule has 9 nitrogen and oxygen atoms in total. The van der Waals surface area contributed by atoms with E-state index >= 15 is 0 Å². The molecule has 0 atom stereocenters. The quantitative estimate of drug-likeness (QED) is 0.396. The van der Waals surface area contributed by atoms with Gasteiger partial charge < -0.3 is 16.0 Å². The Morgan fingerprint density at radius 2 is 1.59 bits per heavy atom. The second-order valence-corrected chi connectivity index (χ2v) is 5.57. The Hall–Kier alpha value is -3.96. The molecule has 0 saturated heterocycles. The molecule has 0 spiro atoms. The lowest BCUT2D eigenvalue weighted by Gasteiger charge is -2.10. The van der Waals surface area contributed by atoms with Gasteiger partial charge in [0.05, 0.1) is 17.0 Å². The molecule has 12 heteroatoms. The fourth-order valence-electron chi connectivity index (χ4n) is 2.07. The smallest absolute Gasteiger partial charge is 0.339 e. The molecule has 0 aliphatic carbocycles. The first-order valence-electron chi connectivity index (χ1n) is 7.87. The minimum Gasteiger partial charge on any atom is -0.339 e. The maximum absolute atomic E-state index is 12.6. The lowest BCUT2D eigenvalue weighted by atomic mass is 10.2. The van der Waals surface area contributed by atoms with Crippen LogP contribution in [0.15, 0.2) is 48.5 Å². The van der Waals surface area contributed by atoms with E-state index in [0.29, 0.717) is 6.07 Å². The van der Waals surface area contributed by atoms with Crippen molar-refractivity contribution in [2.45, 2.75) is 6.18 Å². The summed E-state index contributed by atoms with van der Waals surface area (Å²) in [4.78, 5) is 45.1. The molecule has 0 aliphatic rings. The number of nitrogens with one attached hydrogen (secondary N) is 3. The van der Waals surface area contributed by atoms with Crippen LogP contribution >= 0.6 is 0 Å². The Bertz CT molecular complexity index is 945. The SMILES string of the molecule is O=C(CNC(=O)C(=O)Nc1cccc(C(F)(F)F)c1)Nc1ccc([N+](=O)[O-])cc1. The zero-order valence-corrected chi connectivity index (χ0v) is 14.4. The Kier molecular flexibility index (Phi) is 6.49. The third-order valence-corrected chi connectivity index (χ3v) is 3.43. The second-order valence-electron chi connectivity index (χ2n) is 5.57. The Morgan fingerprint density at radius 3 is 2.17 bits per heavy atom. The lowest BCUT2D eigenvalue weighted by Crippen LogP contribution is -2.39. The molecule has 152 valence electrons. The van der Waals surface area contributed by atoms with E-state index in [2.05, 4.69) is 5.32 Å². The molecule has 0 saturated carbocycles. The molecule has 0 heterocycles. The van der Waals surface area contributed by atoms with Crippen LogP contribution in [0.4, 0.5) is 30.2 Å². The first-order valence-corrected chi connectivity index (χ1v) is 7.87. The van der Waals surface area contributed by atoms with Crippen molar-refractivity contribution in [1.82, 2.24) is 5.32 Å². The van der Waals surface area contributed by atoms with Crippen LogP contribution in [0.5, 0.6) is 0 Å². The summed E-state index contributed by atoms with van der Waals surface area (Å²) in [5.41, 5.74) is -1.20. The van der Waals surface area contributed by atoms with Crippen LogP contribution < -0.4 is 16.0 Å². The van der Waals surface area contributed by atoms with Crippen molar-refractivity contribution in [3.8, 4) is 0 Å². The number of hydrogen-bond donors (Lipinski definition) is 3. The van der Waals surface area contributed by atoms with E-state index in [0.717, 1.165) is 24.3 Å². The summed E-state index contributed by atoms with van der Waals surface area (Å²) in [7, 11) is 0. The summed E-state index contributed by atoms with van der Waals surface area (Å²) in [6.07, 6.45) is -4.61. The van der Waals surface area contributed by atoms with Crippen molar-refractivity contribution >= 4 is 34.8 Å². The number of benzene rings is 2. The number of alkyl halides is 3. The van der Waals surface area contributed by atoms with Crippen LogP contribution in [-0.2, 0) is 20.6 Å². The molecule has 2 rings (SSSR count). The number of halogens is 3. The zero-order chi connectivity index (χ0) is 21.6. The number of rotatable bonds is 5. The van der Waals surface area contributed by atoms with Gasteiger partial charge >= 0.3 is 18.0 Å². The molecule has 3 N–H and O–H groups in total. The minimum atomic E-state index is -4.61.